The molecule has 4 rings (SSSR count). The normalized spacial score (nSPS) is 12.4. The highest BCUT2D eigenvalue weighted by Gasteiger charge is 2.22. The zero-order chi connectivity index (χ0) is 19.8. The van der Waals surface area contributed by atoms with Crippen molar-refractivity contribution in [1.29, 1.82) is 0 Å². The van der Waals surface area contributed by atoms with Crippen LogP contribution in [-0.4, -0.2) is 31.6 Å². The van der Waals surface area contributed by atoms with Crippen molar-refractivity contribution in [3.8, 4) is 0 Å². The Morgan fingerprint density at radius 3 is 2.68 bits per heavy atom. The lowest BCUT2D eigenvalue weighted by Gasteiger charge is -2.17. The van der Waals surface area contributed by atoms with Crippen molar-refractivity contribution in [2.45, 2.75) is 12.5 Å². The maximum atomic E-state index is 13.5. The number of para-hydroxylation sites is 2. The van der Waals surface area contributed by atoms with E-state index in [1.54, 1.807) is 4.52 Å². The van der Waals surface area contributed by atoms with E-state index in [9.17, 15) is 18.4 Å². The van der Waals surface area contributed by atoms with Gasteiger partial charge in [-0.3, -0.25) is 9.59 Å². The molecule has 1 amide bonds. The fourth-order valence-electron chi connectivity index (χ4n) is 3.05. The molecule has 0 radical (unpaired) electrons. The van der Waals surface area contributed by atoms with Crippen molar-refractivity contribution in [3.63, 3.8) is 0 Å². The van der Waals surface area contributed by atoms with Gasteiger partial charge in [-0.2, -0.15) is 5.10 Å². The van der Waals surface area contributed by atoms with E-state index < -0.39 is 36.0 Å². The number of H-pyrrole nitrogens is 1. The Kier molecular flexibility index (Phi) is 4.26. The first-order valence-electron chi connectivity index (χ1n) is 8.36. The summed E-state index contributed by atoms with van der Waals surface area (Å²) in [6, 6.07) is 10.9. The summed E-state index contributed by atoms with van der Waals surface area (Å²) in [6.07, 6.45) is -0.495. The van der Waals surface area contributed by atoms with Gasteiger partial charge in [0, 0.05) is 6.07 Å². The number of aliphatic carboxylic acids is 1. The Labute approximate surface area is 156 Å². The van der Waals surface area contributed by atoms with Gasteiger partial charge >= 0.3 is 5.97 Å². The van der Waals surface area contributed by atoms with Gasteiger partial charge in [-0.25, -0.2) is 13.3 Å². The summed E-state index contributed by atoms with van der Waals surface area (Å²) in [7, 11) is 0. The van der Waals surface area contributed by atoms with Gasteiger partial charge in [-0.1, -0.05) is 18.2 Å². The number of hydrogen-bond acceptors (Lipinski definition) is 3. The Bertz CT molecular complexity index is 1210. The number of amides is 1. The number of imidazole rings is 1. The second kappa shape index (κ2) is 6.76. The van der Waals surface area contributed by atoms with Crippen LogP contribution in [0.25, 0.3) is 16.7 Å². The average molecular weight is 384 g/mol. The van der Waals surface area contributed by atoms with Crippen molar-refractivity contribution >= 4 is 28.6 Å². The molecular formula is C19H14F2N4O3. The van der Waals surface area contributed by atoms with Gasteiger partial charge in [0.15, 0.2) is 17.3 Å². The lowest BCUT2D eigenvalue weighted by Crippen LogP contribution is -2.30. The summed E-state index contributed by atoms with van der Waals surface area (Å²) in [5.74, 6) is -4.00. The number of carboxylic acid groups (broad SMARTS) is 1. The molecule has 0 fully saturated rings. The van der Waals surface area contributed by atoms with Crippen LogP contribution in [0.1, 0.15) is 28.5 Å². The van der Waals surface area contributed by atoms with E-state index in [1.165, 1.54) is 12.1 Å². The summed E-state index contributed by atoms with van der Waals surface area (Å²) in [6.45, 7) is 0. The predicted octanol–water partition coefficient (Wildman–Crippen LogP) is 3.04. The van der Waals surface area contributed by atoms with Crippen molar-refractivity contribution in [3.05, 3.63) is 71.4 Å². The average Bonchev–Trinajstić information content (AvgIpc) is 3.21. The molecule has 0 aliphatic carbocycles. The summed E-state index contributed by atoms with van der Waals surface area (Å²) >= 11 is 0. The van der Waals surface area contributed by atoms with Crippen LogP contribution in [-0.2, 0) is 4.79 Å². The monoisotopic (exact) mass is 384 g/mol. The van der Waals surface area contributed by atoms with Crippen molar-refractivity contribution in [2.24, 2.45) is 0 Å². The zero-order valence-corrected chi connectivity index (χ0v) is 14.3. The molecule has 142 valence electrons. The molecule has 2 heterocycles. The molecule has 0 aliphatic heterocycles. The maximum absolute atomic E-state index is 13.5. The minimum atomic E-state index is -1.20. The molecule has 0 aliphatic rings. The third-order valence-corrected chi connectivity index (χ3v) is 4.37. The zero-order valence-electron chi connectivity index (χ0n) is 14.3. The van der Waals surface area contributed by atoms with Crippen LogP contribution in [0.2, 0.25) is 0 Å². The van der Waals surface area contributed by atoms with Crippen molar-refractivity contribution < 1.29 is 23.5 Å². The van der Waals surface area contributed by atoms with E-state index >= 15 is 0 Å². The molecule has 0 bridgehead atoms. The summed E-state index contributed by atoms with van der Waals surface area (Å²) in [4.78, 5) is 26.9. The van der Waals surface area contributed by atoms with E-state index in [2.05, 4.69) is 15.4 Å². The van der Waals surface area contributed by atoms with Gasteiger partial charge in [-0.15, -0.1) is 0 Å². The molecule has 0 saturated heterocycles. The molecule has 9 heteroatoms. The lowest BCUT2D eigenvalue weighted by molar-refractivity contribution is -0.137. The van der Waals surface area contributed by atoms with Gasteiger partial charge in [0.25, 0.3) is 5.91 Å². The highest BCUT2D eigenvalue weighted by molar-refractivity contribution is 5.95. The number of halogens is 2. The summed E-state index contributed by atoms with van der Waals surface area (Å²) in [5, 5.41) is 15.9. The number of carboxylic acids is 1. The largest absolute Gasteiger partial charge is 0.481 e. The van der Waals surface area contributed by atoms with Crippen LogP contribution in [0.3, 0.4) is 0 Å². The van der Waals surface area contributed by atoms with Crippen LogP contribution in [0.15, 0.2) is 48.5 Å². The van der Waals surface area contributed by atoms with Gasteiger partial charge < -0.3 is 15.4 Å². The highest BCUT2D eigenvalue weighted by Crippen LogP contribution is 2.21. The third-order valence-electron chi connectivity index (χ3n) is 4.37. The first-order chi connectivity index (χ1) is 13.4. The van der Waals surface area contributed by atoms with Crippen LogP contribution < -0.4 is 5.32 Å². The molecule has 2 aromatic carbocycles. The molecular weight excluding hydrogens is 370 g/mol. The van der Waals surface area contributed by atoms with Crippen LogP contribution in [0, 0.1) is 11.6 Å². The predicted molar refractivity (Wildman–Crippen MR) is 95.9 cm³/mol. The second-order valence-corrected chi connectivity index (χ2v) is 6.27. The quantitative estimate of drug-likeness (QED) is 0.492. The first-order valence-corrected chi connectivity index (χ1v) is 8.36. The first kappa shape index (κ1) is 17.7. The molecule has 4 aromatic rings. The minimum Gasteiger partial charge on any atom is -0.481 e. The second-order valence-electron chi connectivity index (χ2n) is 6.27. The molecule has 3 N–H and O–H groups in total. The number of rotatable bonds is 5. The van der Waals surface area contributed by atoms with E-state index in [0.29, 0.717) is 5.65 Å². The van der Waals surface area contributed by atoms with Crippen LogP contribution >= 0.6 is 0 Å². The van der Waals surface area contributed by atoms with Gasteiger partial charge in [-0.05, 0) is 29.8 Å². The number of nitrogens with one attached hydrogen (secondary N) is 2. The summed E-state index contributed by atoms with van der Waals surface area (Å²) < 4.78 is 28.3. The van der Waals surface area contributed by atoms with Crippen molar-refractivity contribution in [1.82, 2.24) is 19.9 Å². The van der Waals surface area contributed by atoms with Crippen LogP contribution in [0.4, 0.5) is 8.78 Å². The number of aromatic amines is 1. The Hall–Kier alpha value is -3.75. The number of nitrogens with zero attached hydrogens (tertiary/aromatic N) is 2. The highest BCUT2D eigenvalue weighted by atomic mass is 19.2. The topological polar surface area (TPSA) is 99.5 Å². The van der Waals surface area contributed by atoms with Crippen LogP contribution in [0.5, 0.6) is 0 Å². The molecule has 7 nitrogen and oxygen atoms in total. The molecule has 1 atom stereocenters. The molecule has 1 unspecified atom stereocenters. The SMILES string of the molecule is O=C(O)CC(NC(=O)c1cc2[nH]c3ccccc3n2n1)c1ccc(F)c(F)c1. The summed E-state index contributed by atoms with van der Waals surface area (Å²) in [5.41, 5.74) is 2.43. The minimum absolute atomic E-state index is 0.0648. The fourth-order valence-corrected chi connectivity index (χ4v) is 3.05. The smallest absolute Gasteiger partial charge is 0.305 e. The number of benzene rings is 2. The molecule has 28 heavy (non-hydrogen) atoms. The Morgan fingerprint density at radius 2 is 1.93 bits per heavy atom. The lowest BCUT2D eigenvalue weighted by atomic mass is 10.0. The van der Waals surface area contributed by atoms with Gasteiger partial charge in [0.2, 0.25) is 0 Å². The number of carbonyl (C=O) groups is 2. The number of carbonyl (C=O) groups excluding carboxylic acids is 1. The third kappa shape index (κ3) is 3.18. The van der Waals surface area contributed by atoms with E-state index in [0.717, 1.165) is 23.2 Å². The van der Waals surface area contributed by atoms with E-state index in [1.807, 2.05) is 24.3 Å². The van der Waals surface area contributed by atoms with Gasteiger partial charge in [0.1, 0.15) is 5.65 Å². The van der Waals surface area contributed by atoms with Gasteiger partial charge in [0.05, 0.1) is 23.5 Å². The number of fused-ring (bicyclic) bond motifs is 3. The van der Waals surface area contributed by atoms with Crippen molar-refractivity contribution in [2.75, 3.05) is 0 Å². The van der Waals surface area contributed by atoms with E-state index in [-0.39, 0.29) is 11.3 Å². The molecule has 0 spiro atoms. The molecule has 0 saturated carbocycles. The molecule has 2 aromatic heterocycles. The number of aromatic nitrogens is 3. The Balaban J connectivity index is 1.64. The number of hydrogen-bond donors (Lipinski definition) is 3. The van der Waals surface area contributed by atoms with E-state index in [4.69, 9.17) is 5.11 Å². The fraction of sp³-hybridized carbons (Fsp3) is 0.105. The maximum Gasteiger partial charge on any atom is 0.305 e. The standard InChI is InChI=1S/C19H14F2N4O3/c20-11-6-5-10(7-12(11)21)14(9-18(26)27)23-19(28)15-8-17-22-13-3-1-2-4-16(13)25(17)24-15/h1-8,14,22H,9H2,(H,23,28)(H,26,27). The Morgan fingerprint density at radius 1 is 1.14 bits per heavy atom.